The van der Waals surface area contributed by atoms with Crippen LogP contribution in [0.4, 0.5) is 0 Å². The molecule has 3 rings (SSSR count). The third-order valence-electron chi connectivity index (χ3n) is 3.61. The van der Waals surface area contributed by atoms with Gasteiger partial charge in [-0.2, -0.15) is 0 Å². The number of rotatable bonds is 5. The van der Waals surface area contributed by atoms with Crippen molar-refractivity contribution in [2.45, 2.75) is 18.6 Å². The summed E-state index contributed by atoms with van der Waals surface area (Å²) in [6.45, 7) is 0.583. The summed E-state index contributed by atoms with van der Waals surface area (Å²) in [5, 5.41) is 18.6. The molecule has 0 fully saturated rings. The fourth-order valence-electron chi connectivity index (χ4n) is 2.50. The highest BCUT2D eigenvalue weighted by atomic mass is 16.3. The minimum absolute atomic E-state index is 0.0738. The summed E-state index contributed by atoms with van der Waals surface area (Å²) in [5.41, 5.74) is 2.00. The second-order valence-corrected chi connectivity index (χ2v) is 5.00. The van der Waals surface area contributed by atoms with Crippen molar-refractivity contribution in [3.63, 3.8) is 0 Å². The van der Waals surface area contributed by atoms with Crippen LogP contribution in [0.15, 0.2) is 73.1 Å². The summed E-state index contributed by atoms with van der Waals surface area (Å²) in [7, 11) is 0. The summed E-state index contributed by atoms with van der Waals surface area (Å²) in [6.07, 6.45) is 2.88. The van der Waals surface area contributed by atoms with Crippen LogP contribution < -0.4 is 0 Å². The predicted octanol–water partition coefficient (Wildman–Crippen LogP) is 2.80. The summed E-state index contributed by atoms with van der Waals surface area (Å²) < 4.78 is 1.75. The van der Waals surface area contributed by atoms with Crippen LogP contribution in [0.3, 0.4) is 0 Å². The molecule has 3 aromatic rings. The average Bonchev–Trinajstić information content (AvgIpc) is 3.07. The molecule has 0 aliphatic heterocycles. The van der Waals surface area contributed by atoms with Gasteiger partial charge in [0.2, 0.25) is 0 Å². The van der Waals surface area contributed by atoms with Crippen LogP contribution in [-0.2, 0) is 6.54 Å². The zero-order chi connectivity index (χ0) is 14.5. The second kappa shape index (κ2) is 6.33. The normalized spacial score (nSPS) is 13.8. The SMILES string of the molecule is O[C@@H](c1ccccc1)[C@@H](Cn1ccnn1)c1ccccc1. The summed E-state index contributed by atoms with van der Waals surface area (Å²) >= 11 is 0. The van der Waals surface area contributed by atoms with E-state index in [0.717, 1.165) is 11.1 Å². The molecule has 0 bridgehead atoms. The zero-order valence-electron chi connectivity index (χ0n) is 11.6. The van der Waals surface area contributed by atoms with E-state index in [1.165, 1.54) is 0 Å². The molecule has 4 nitrogen and oxygen atoms in total. The molecule has 1 aromatic heterocycles. The van der Waals surface area contributed by atoms with Gasteiger partial charge in [-0.25, -0.2) is 0 Å². The summed E-state index contributed by atoms with van der Waals surface area (Å²) in [6, 6.07) is 19.7. The molecule has 0 radical (unpaired) electrons. The van der Waals surface area contributed by atoms with Crippen molar-refractivity contribution < 1.29 is 5.11 Å². The number of hydrogen-bond donors (Lipinski definition) is 1. The second-order valence-electron chi connectivity index (χ2n) is 5.00. The number of benzene rings is 2. The first-order chi connectivity index (χ1) is 10.3. The van der Waals surface area contributed by atoms with E-state index in [1.807, 2.05) is 66.9 Å². The van der Waals surface area contributed by atoms with Crippen LogP contribution in [0.5, 0.6) is 0 Å². The maximum atomic E-state index is 10.8. The van der Waals surface area contributed by atoms with E-state index < -0.39 is 6.10 Å². The lowest BCUT2D eigenvalue weighted by Gasteiger charge is -2.23. The van der Waals surface area contributed by atoms with Gasteiger partial charge in [0.05, 0.1) is 18.8 Å². The maximum absolute atomic E-state index is 10.8. The van der Waals surface area contributed by atoms with Gasteiger partial charge in [0, 0.05) is 12.1 Å². The monoisotopic (exact) mass is 279 g/mol. The Kier molecular flexibility index (Phi) is 4.07. The molecule has 0 unspecified atom stereocenters. The lowest BCUT2D eigenvalue weighted by Crippen LogP contribution is -2.17. The van der Waals surface area contributed by atoms with Crippen LogP contribution in [0, 0.1) is 0 Å². The van der Waals surface area contributed by atoms with Crippen LogP contribution >= 0.6 is 0 Å². The van der Waals surface area contributed by atoms with Crippen LogP contribution in [0.2, 0.25) is 0 Å². The largest absolute Gasteiger partial charge is 0.388 e. The van der Waals surface area contributed by atoms with Crippen LogP contribution in [-0.4, -0.2) is 20.1 Å². The van der Waals surface area contributed by atoms with Crippen LogP contribution in [0.25, 0.3) is 0 Å². The van der Waals surface area contributed by atoms with Gasteiger partial charge in [-0.05, 0) is 11.1 Å². The highest BCUT2D eigenvalue weighted by Gasteiger charge is 2.23. The number of nitrogens with zero attached hydrogens (tertiary/aromatic N) is 3. The topological polar surface area (TPSA) is 50.9 Å². The molecule has 21 heavy (non-hydrogen) atoms. The molecule has 1 heterocycles. The van der Waals surface area contributed by atoms with E-state index in [4.69, 9.17) is 0 Å². The van der Waals surface area contributed by atoms with E-state index >= 15 is 0 Å². The Morgan fingerprint density at radius 3 is 2.10 bits per heavy atom. The Balaban J connectivity index is 1.92. The summed E-state index contributed by atoms with van der Waals surface area (Å²) in [5.74, 6) is -0.0738. The van der Waals surface area contributed by atoms with E-state index in [0.29, 0.717) is 6.54 Å². The van der Waals surface area contributed by atoms with Gasteiger partial charge in [-0.3, -0.25) is 4.68 Å². The molecule has 0 spiro atoms. The standard InChI is InChI=1S/C17H17N3O/c21-17(15-9-5-2-6-10-15)16(13-20-12-11-18-19-20)14-7-3-1-4-8-14/h1-12,16-17,21H,13H2/t16-,17-/m0/s1. The Morgan fingerprint density at radius 2 is 1.52 bits per heavy atom. The average molecular weight is 279 g/mol. The quantitative estimate of drug-likeness (QED) is 0.781. The lowest BCUT2D eigenvalue weighted by atomic mass is 9.89. The van der Waals surface area contributed by atoms with E-state index in [9.17, 15) is 5.11 Å². The minimum atomic E-state index is -0.585. The van der Waals surface area contributed by atoms with Crippen molar-refractivity contribution in [3.8, 4) is 0 Å². The van der Waals surface area contributed by atoms with E-state index in [1.54, 1.807) is 10.9 Å². The van der Waals surface area contributed by atoms with Crippen molar-refractivity contribution >= 4 is 0 Å². The van der Waals surface area contributed by atoms with Gasteiger partial charge in [-0.1, -0.05) is 65.9 Å². The molecular formula is C17H17N3O. The molecule has 4 heteroatoms. The fourth-order valence-corrected chi connectivity index (χ4v) is 2.50. The lowest BCUT2D eigenvalue weighted by molar-refractivity contribution is 0.133. The number of aliphatic hydroxyl groups excluding tert-OH is 1. The van der Waals surface area contributed by atoms with Crippen LogP contribution in [0.1, 0.15) is 23.1 Å². The highest BCUT2D eigenvalue weighted by Crippen LogP contribution is 2.32. The fraction of sp³-hybridized carbons (Fsp3) is 0.176. The molecule has 2 atom stereocenters. The van der Waals surface area contributed by atoms with Gasteiger partial charge in [-0.15, -0.1) is 5.10 Å². The molecule has 0 amide bonds. The highest BCUT2D eigenvalue weighted by molar-refractivity contribution is 5.26. The molecule has 1 N–H and O–H groups in total. The predicted molar refractivity (Wildman–Crippen MR) is 80.6 cm³/mol. The maximum Gasteiger partial charge on any atom is 0.0876 e. The molecule has 0 saturated heterocycles. The Morgan fingerprint density at radius 1 is 0.905 bits per heavy atom. The van der Waals surface area contributed by atoms with Gasteiger partial charge < -0.3 is 5.11 Å². The van der Waals surface area contributed by atoms with Crippen molar-refractivity contribution in [2.75, 3.05) is 0 Å². The molecular weight excluding hydrogens is 262 g/mol. The van der Waals surface area contributed by atoms with Crippen molar-refractivity contribution in [1.82, 2.24) is 15.0 Å². The number of hydrogen-bond acceptors (Lipinski definition) is 3. The molecule has 2 aromatic carbocycles. The van der Waals surface area contributed by atoms with Crippen molar-refractivity contribution in [2.24, 2.45) is 0 Å². The molecule has 0 saturated carbocycles. The first-order valence-corrected chi connectivity index (χ1v) is 6.96. The zero-order valence-corrected chi connectivity index (χ0v) is 11.6. The third kappa shape index (κ3) is 3.17. The Hall–Kier alpha value is -2.46. The minimum Gasteiger partial charge on any atom is -0.388 e. The van der Waals surface area contributed by atoms with Crippen molar-refractivity contribution in [1.29, 1.82) is 0 Å². The molecule has 0 aliphatic rings. The van der Waals surface area contributed by atoms with Gasteiger partial charge in [0.25, 0.3) is 0 Å². The third-order valence-corrected chi connectivity index (χ3v) is 3.61. The number of aromatic nitrogens is 3. The smallest absolute Gasteiger partial charge is 0.0876 e. The van der Waals surface area contributed by atoms with E-state index in [-0.39, 0.29) is 5.92 Å². The summed E-state index contributed by atoms with van der Waals surface area (Å²) in [4.78, 5) is 0. The molecule has 0 aliphatic carbocycles. The van der Waals surface area contributed by atoms with Gasteiger partial charge in [0.1, 0.15) is 0 Å². The van der Waals surface area contributed by atoms with E-state index in [2.05, 4.69) is 10.3 Å². The number of aliphatic hydroxyl groups is 1. The Bertz CT molecular complexity index is 653. The first kappa shape index (κ1) is 13.5. The molecule has 106 valence electrons. The Labute approximate surface area is 123 Å². The van der Waals surface area contributed by atoms with Gasteiger partial charge >= 0.3 is 0 Å². The first-order valence-electron chi connectivity index (χ1n) is 6.96. The van der Waals surface area contributed by atoms with Gasteiger partial charge in [0.15, 0.2) is 0 Å². The van der Waals surface area contributed by atoms with Crippen molar-refractivity contribution in [3.05, 3.63) is 84.2 Å².